The van der Waals surface area contributed by atoms with Gasteiger partial charge in [0.2, 0.25) is 0 Å². The molecule has 3 N–H and O–H groups in total. The van der Waals surface area contributed by atoms with Gasteiger partial charge in [-0.15, -0.1) is 0 Å². The van der Waals surface area contributed by atoms with Crippen LogP contribution in [0.2, 0.25) is 0 Å². The molecule has 2 amide bonds. The third-order valence-corrected chi connectivity index (χ3v) is 5.64. The van der Waals surface area contributed by atoms with E-state index >= 15 is 0 Å². The van der Waals surface area contributed by atoms with Crippen LogP contribution in [0, 0.1) is 5.41 Å². The van der Waals surface area contributed by atoms with Crippen molar-refractivity contribution in [2.45, 2.75) is 63.7 Å². The Hall–Kier alpha value is -1.53. The molecule has 1 heterocycles. The Morgan fingerprint density at radius 1 is 1.50 bits per heavy atom. The van der Waals surface area contributed by atoms with Crippen LogP contribution in [-0.4, -0.2) is 36.4 Å². The molecule has 1 aromatic rings. The summed E-state index contributed by atoms with van der Waals surface area (Å²) in [6, 6.07) is 3.33. The predicted octanol–water partition coefficient (Wildman–Crippen LogP) is 2.52. The van der Waals surface area contributed by atoms with Gasteiger partial charge in [-0.1, -0.05) is 12.8 Å². The summed E-state index contributed by atoms with van der Waals surface area (Å²) in [5, 5.41) is 16.2. The minimum Gasteiger partial charge on any atom is -0.466 e. The first kappa shape index (κ1) is 17.3. The van der Waals surface area contributed by atoms with Crippen molar-refractivity contribution in [3.8, 4) is 0 Å². The van der Waals surface area contributed by atoms with Crippen molar-refractivity contribution in [2.24, 2.45) is 5.41 Å². The van der Waals surface area contributed by atoms with Crippen LogP contribution in [0.4, 0.5) is 4.79 Å². The Labute approximate surface area is 142 Å². The fourth-order valence-electron chi connectivity index (χ4n) is 4.22. The summed E-state index contributed by atoms with van der Waals surface area (Å²) in [6.07, 6.45) is 7.29. The first-order chi connectivity index (χ1) is 11.5. The van der Waals surface area contributed by atoms with Crippen molar-refractivity contribution in [1.82, 2.24) is 10.6 Å². The minimum atomic E-state index is -1.22. The molecule has 0 saturated heterocycles. The van der Waals surface area contributed by atoms with E-state index in [2.05, 4.69) is 10.6 Å². The average molecular weight is 336 g/mol. The van der Waals surface area contributed by atoms with E-state index in [-0.39, 0.29) is 30.1 Å². The molecule has 134 valence electrons. The van der Waals surface area contributed by atoms with Gasteiger partial charge in [0.1, 0.15) is 11.4 Å². The van der Waals surface area contributed by atoms with Crippen molar-refractivity contribution in [3.05, 3.63) is 24.2 Å². The van der Waals surface area contributed by atoms with Crippen molar-refractivity contribution in [3.63, 3.8) is 0 Å². The molecule has 2 fully saturated rings. The number of aliphatic hydroxyl groups is 1. The van der Waals surface area contributed by atoms with Gasteiger partial charge in [-0.25, -0.2) is 4.79 Å². The van der Waals surface area contributed by atoms with Crippen molar-refractivity contribution < 1.29 is 19.1 Å². The molecule has 3 rings (SSSR count). The van der Waals surface area contributed by atoms with Crippen molar-refractivity contribution in [2.75, 3.05) is 13.2 Å². The molecule has 1 spiro atoms. The van der Waals surface area contributed by atoms with Gasteiger partial charge in [-0.05, 0) is 45.2 Å². The molecule has 0 bridgehead atoms. The van der Waals surface area contributed by atoms with E-state index in [1.54, 1.807) is 19.1 Å². The fourth-order valence-corrected chi connectivity index (χ4v) is 4.22. The highest BCUT2D eigenvalue weighted by molar-refractivity contribution is 5.74. The van der Waals surface area contributed by atoms with Gasteiger partial charge in [0, 0.05) is 18.1 Å². The van der Waals surface area contributed by atoms with Gasteiger partial charge in [0.05, 0.1) is 18.9 Å². The smallest absolute Gasteiger partial charge is 0.315 e. The SMILES string of the molecule is CCOC1CC(NC(=O)NCC(C)(O)c2ccco2)C12CCCC2. The molecule has 6 nitrogen and oxygen atoms in total. The minimum absolute atomic E-state index is 0.0982. The second-order valence-electron chi connectivity index (χ2n) is 7.25. The molecule has 2 aliphatic carbocycles. The summed E-state index contributed by atoms with van der Waals surface area (Å²) in [5.41, 5.74) is -1.11. The van der Waals surface area contributed by atoms with Crippen molar-refractivity contribution >= 4 is 6.03 Å². The highest BCUT2D eigenvalue weighted by Gasteiger charge is 2.57. The lowest BCUT2D eigenvalue weighted by atomic mass is 9.60. The van der Waals surface area contributed by atoms with Crippen LogP contribution in [0.5, 0.6) is 0 Å². The molecule has 1 aromatic heterocycles. The summed E-state index contributed by atoms with van der Waals surface area (Å²) in [7, 11) is 0. The van der Waals surface area contributed by atoms with Crippen LogP contribution in [0.3, 0.4) is 0 Å². The number of rotatable bonds is 6. The zero-order valence-corrected chi connectivity index (χ0v) is 14.5. The molecule has 3 unspecified atom stereocenters. The molecule has 6 heteroatoms. The van der Waals surface area contributed by atoms with E-state index in [4.69, 9.17) is 9.15 Å². The van der Waals surface area contributed by atoms with E-state index in [1.165, 1.54) is 19.1 Å². The molecule has 0 radical (unpaired) electrons. The number of carbonyl (C=O) groups excluding carboxylic acids is 1. The maximum Gasteiger partial charge on any atom is 0.315 e. The Morgan fingerprint density at radius 3 is 2.88 bits per heavy atom. The van der Waals surface area contributed by atoms with E-state index in [0.717, 1.165) is 25.9 Å². The summed E-state index contributed by atoms with van der Waals surface area (Å²) in [6.45, 7) is 4.46. The van der Waals surface area contributed by atoms with Crippen LogP contribution in [0.25, 0.3) is 0 Å². The van der Waals surface area contributed by atoms with Crippen LogP contribution in [0.1, 0.15) is 51.7 Å². The molecule has 0 aliphatic heterocycles. The Balaban J connectivity index is 1.52. The second kappa shape index (κ2) is 6.76. The summed E-state index contributed by atoms with van der Waals surface area (Å²) >= 11 is 0. The predicted molar refractivity (Wildman–Crippen MR) is 89.5 cm³/mol. The van der Waals surface area contributed by atoms with Gasteiger partial charge in [-0.2, -0.15) is 0 Å². The van der Waals surface area contributed by atoms with Crippen LogP contribution in [0.15, 0.2) is 22.8 Å². The zero-order chi connectivity index (χ0) is 17.2. The number of hydrogen-bond acceptors (Lipinski definition) is 4. The van der Waals surface area contributed by atoms with E-state index in [0.29, 0.717) is 5.76 Å². The number of urea groups is 1. The van der Waals surface area contributed by atoms with Crippen molar-refractivity contribution in [1.29, 1.82) is 0 Å². The summed E-state index contributed by atoms with van der Waals surface area (Å²) in [5.74, 6) is 0.440. The van der Waals surface area contributed by atoms with Crippen LogP contribution < -0.4 is 10.6 Å². The quantitative estimate of drug-likeness (QED) is 0.745. The lowest BCUT2D eigenvalue weighted by molar-refractivity contribution is -0.126. The molecule has 0 aromatic carbocycles. The molecule has 24 heavy (non-hydrogen) atoms. The zero-order valence-electron chi connectivity index (χ0n) is 14.5. The van der Waals surface area contributed by atoms with Gasteiger partial charge in [-0.3, -0.25) is 0 Å². The fraction of sp³-hybridized carbons (Fsp3) is 0.722. The number of furan rings is 1. The van der Waals surface area contributed by atoms with Crippen LogP contribution >= 0.6 is 0 Å². The van der Waals surface area contributed by atoms with Gasteiger partial charge < -0.3 is 24.9 Å². The van der Waals surface area contributed by atoms with Gasteiger partial charge in [0.15, 0.2) is 0 Å². The third kappa shape index (κ3) is 3.17. The molecule has 2 aliphatic rings. The molecular weight excluding hydrogens is 308 g/mol. The van der Waals surface area contributed by atoms with Gasteiger partial charge in [0.25, 0.3) is 0 Å². The lowest BCUT2D eigenvalue weighted by Gasteiger charge is -2.54. The van der Waals surface area contributed by atoms with E-state index in [1.807, 2.05) is 6.92 Å². The number of ether oxygens (including phenoxy) is 1. The number of hydrogen-bond donors (Lipinski definition) is 3. The Bertz CT molecular complexity index is 549. The average Bonchev–Trinajstić information content (AvgIpc) is 3.24. The second-order valence-corrected chi connectivity index (χ2v) is 7.25. The summed E-state index contributed by atoms with van der Waals surface area (Å²) < 4.78 is 11.1. The van der Waals surface area contributed by atoms with E-state index < -0.39 is 5.60 Å². The first-order valence-electron chi connectivity index (χ1n) is 8.90. The highest BCUT2D eigenvalue weighted by Crippen LogP contribution is 2.54. The lowest BCUT2D eigenvalue weighted by Crippen LogP contribution is -2.65. The molecule has 3 atom stereocenters. The monoisotopic (exact) mass is 336 g/mol. The third-order valence-electron chi connectivity index (χ3n) is 5.64. The summed E-state index contributed by atoms with van der Waals surface area (Å²) in [4.78, 5) is 12.3. The largest absolute Gasteiger partial charge is 0.466 e. The number of nitrogens with one attached hydrogen (secondary N) is 2. The Morgan fingerprint density at radius 2 is 2.25 bits per heavy atom. The highest BCUT2D eigenvalue weighted by atomic mass is 16.5. The van der Waals surface area contributed by atoms with E-state index in [9.17, 15) is 9.90 Å². The molecule has 2 saturated carbocycles. The maximum absolute atomic E-state index is 12.3. The van der Waals surface area contributed by atoms with Gasteiger partial charge >= 0.3 is 6.03 Å². The topological polar surface area (TPSA) is 83.7 Å². The molecular formula is C18H28N2O4. The number of carbonyl (C=O) groups is 1. The standard InChI is InChI=1S/C18H28N2O4/c1-3-23-15-11-13(18(15)8-4-5-9-18)20-16(21)19-12-17(2,22)14-7-6-10-24-14/h6-7,10,13,15,22H,3-5,8-9,11-12H2,1-2H3,(H2,19,20,21). The normalized spacial score (nSPS) is 27.5. The maximum atomic E-state index is 12.3. The number of amides is 2. The Kier molecular flexibility index (Phi) is 4.88. The first-order valence-corrected chi connectivity index (χ1v) is 8.90. The van der Waals surface area contributed by atoms with Crippen LogP contribution in [-0.2, 0) is 10.3 Å².